The summed E-state index contributed by atoms with van der Waals surface area (Å²) in [5.41, 5.74) is 0. The Morgan fingerprint density at radius 2 is 0.879 bits per heavy atom. The summed E-state index contributed by atoms with van der Waals surface area (Å²) in [6.07, 6.45) is 28.9. The normalized spacial score (nSPS) is 11.1. The zero-order valence-corrected chi connectivity index (χ0v) is 22.6. The van der Waals surface area contributed by atoms with E-state index >= 15 is 0 Å². The van der Waals surface area contributed by atoms with Crippen molar-refractivity contribution in [2.24, 2.45) is 5.18 Å². The van der Waals surface area contributed by atoms with Gasteiger partial charge in [-0.25, -0.2) is 0 Å². The van der Waals surface area contributed by atoms with E-state index in [0.29, 0.717) is 25.9 Å². The third kappa shape index (κ3) is 24.0. The molecule has 0 aliphatic heterocycles. The second kappa shape index (κ2) is 27.3. The van der Waals surface area contributed by atoms with Crippen molar-refractivity contribution >= 4 is 5.91 Å². The number of nitroso groups, excluding NO2 is 1. The van der Waals surface area contributed by atoms with Gasteiger partial charge >= 0.3 is 0 Å². The fourth-order valence-electron chi connectivity index (χ4n) is 4.58. The van der Waals surface area contributed by atoms with Crippen LogP contribution in [-0.2, 0) is 4.79 Å². The summed E-state index contributed by atoms with van der Waals surface area (Å²) in [5, 5.41) is 2.97. The van der Waals surface area contributed by atoms with Crippen LogP contribution >= 0.6 is 0 Å². The molecule has 0 saturated carbocycles. The Morgan fingerprint density at radius 3 is 1.30 bits per heavy atom. The highest BCUT2D eigenvalue weighted by Crippen LogP contribution is 2.14. The van der Waals surface area contributed by atoms with Gasteiger partial charge in [-0.05, 0) is 19.3 Å². The lowest BCUT2D eigenvalue weighted by Crippen LogP contribution is -2.33. The number of rotatable bonds is 27. The molecule has 0 bridgehead atoms. The largest absolute Gasteiger partial charge is 0.343 e. The molecule has 0 rings (SSSR count). The lowest BCUT2D eigenvalue weighted by molar-refractivity contribution is -0.131. The average molecular weight is 467 g/mol. The fourth-order valence-corrected chi connectivity index (χ4v) is 4.58. The summed E-state index contributed by atoms with van der Waals surface area (Å²) < 4.78 is 0. The summed E-state index contributed by atoms with van der Waals surface area (Å²) >= 11 is 0. The van der Waals surface area contributed by atoms with Crippen LogP contribution in [0.15, 0.2) is 5.18 Å². The van der Waals surface area contributed by atoms with Crippen LogP contribution in [0.5, 0.6) is 0 Å². The van der Waals surface area contributed by atoms with Crippen LogP contribution < -0.4 is 0 Å². The van der Waals surface area contributed by atoms with Gasteiger partial charge in [-0.1, -0.05) is 141 Å². The van der Waals surface area contributed by atoms with Crippen LogP contribution in [0.2, 0.25) is 0 Å². The first-order chi connectivity index (χ1) is 16.3. The molecule has 0 aromatic heterocycles. The number of amides is 1. The van der Waals surface area contributed by atoms with Crippen LogP contribution in [0.25, 0.3) is 0 Å². The number of hydrogen-bond donors (Lipinski definition) is 0. The van der Waals surface area contributed by atoms with Crippen molar-refractivity contribution < 1.29 is 4.79 Å². The molecule has 0 unspecified atom stereocenters. The summed E-state index contributed by atoms with van der Waals surface area (Å²) in [6.45, 7) is 6.40. The van der Waals surface area contributed by atoms with E-state index in [9.17, 15) is 9.70 Å². The number of hydrogen-bond acceptors (Lipinski definition) is 3. The van der Waals surface area contributed by atoms with E-state index in [4.69, 9.17) is 0 Å². The van der Waals surface area contributed by atoms with E-state index in [0.717, 1.165) is 19.4 Å². The number of carbonyl (C=O) groups excluding carboxylic acids is 1. The zero-order chi connectivity index (χ0) is 24.2. The Hall–Kier alpha value is -0.930. The molecule has 0 aliphatic carbocycles. The minimum atomic E-state index is 0.285. The maximum Gasteiger partial charge on any atom is 0.222 e. The monoisotopic (exact) mass is 466 g/mol. The van der Waals surface area contributed by atoms with E-state index < -0.39 is 0 Å². The van der Waals surface area contributed by atoms with E-state index in [1.165, 1.54) is 122 Å². The Balaban J connectivity index is 3.79. The van der Waals surface area contributed by atoms with Crippen LogP contribution in [-0.4, -0.2) is 30.4 Å². The third-order valence-electron chi connectivity index (χ3n) is 6.81. The van der Waals surface area contributed by atoms with Crippen LogP contribution in [0, 0.1) is 4.91 Å². The highest BCUT2D eigenvalue weighted by Gasteiger charge is 2.12. The lowest BCUT2D eigenvalue weighted by atomic mass is 10.0. The van der Waals surface area contributed by atoms with Gasteiger partial charge in [0.25, 0.3) is 0 Å². The zero-order valence-electron chi connectivity index (χ0n) is 22.6. The quantitative estimate of drug-likeness (QED) is 0.0893. The second-order valence-corrected chi connectivity index (χ2v) is 10.1. The van der Waals surface area contributed by atoms with Crippen molar-refractivity contribution in [3.8, 4) is 0 Å². The van der Waals surface area contributed by atoms with Crippen LogP contribution in [0.1, 0.15) is 162 Å². The standard InChI is InChI=1S/C29H58N2O2/c1-3-5-7-9-11-13-15-16-18-20-22-25-29(32)31(28-24-26-30-33)27-23-21-19-17-14-12-10-8-6-4-2/h3-28H2,1-2H3. The van der Waals surface area contributed by atoms with E-state index in [1.807, 2.05) is 4.90 Å². The first-order valence-electron chi connectivity index (χ1n) is 14.8. The predicted octanol–water partition coefficient (Wildman–Crippen LogP) is 9.59. The molecule has 4 heteroatoms. The molecular weight excluding hydrogens is 408 g/mol. The summed E-state index contributed by atoms with van der Waals surface area (Å²) in [6, 6.07) is 0. The van der Waals surface area contributed by atoms with Gasteiger partial charge in [0.15, 0.2) is 0 Å². The lowest BCUT2D eigenvalue weighted by Gasteiger charge is -2.22. The number of nitrogens with zero attached hydrogens (tertiary/aromatic N) is 2. The summed E-state index contributed by atoms with van der Waals surface area (Å²) in [4.78, 5) is 25.1. The van der Waals surface area contributed by atoms with Gasteiger partial charge < -0.3 is 4.90 Å². The highest BCUT2D eigenvalue weighted by atomic mass is 16.3. The third-order valence-corrected chi connectivity index (χ3v) is 6.81. The molecule has 0 fully saturated rings. The molecule has 0 N–H and O–H groups in total. The molecule has 4 nitrogen and oxygen atoms in total. The van der Waals surface area contributed by atoms with Crippen molar-refractivity contribution in [1.82, 2.24) is 4.90 Å². The maximum absolute atomic E-state index is 12.7. The average Bonchev–Trinajstić information content (AvgIpc) is 2.82. The molecule has 0 heterocycles. The smallest absolute Gasteiger partial charge is 0.222 e. The highest BCUT2D eigenvalue weighted by molar-refractivity contribution is 5.76. The van der Waals surface area contributed by atoms with Crippen molar-refractivity contribution in [3.63, 3.8) is 0 Å². The topological polar surface area (TPSA) is 49.7 Å². The fraction of sp³-hybridized carbons (Fsp3) is 0.966. The molecule has 196 valence electrons. The van der Waals surface area contributed by atoms with E-state index in [1.54, 1.807) is 0 Å². The van der Waals surface area contributed by atoms with Crippen molar-refractivity contribution in [1.29, 1.82) is 0 Å². The number of carbonyl (C=O) groups is 1. The number of unbranched alkanes of at least 4 members (excludes halogenated alkanes) is 19. The van der Waals surface area contributed by atoms with Gasteiger partial charge in [-0.3, -0.25) is 4.79 Å². The SMILES string of the molecule is CCCCCCCCCCCCCC(=O)N(CCCCCCCCCCCC)CCCN=O. The van der Waals surface area contributed by atoms with Gasteiger partial charge in [0.1, 0.15) is 0 Å². The maximum atomic E-state index is 12.7. The van der Waals surface area contributed by atoms with Gasteiger partial charge in [0.2, 0.25) is 5.91 Å². The molecule has 0 radical (unpaired) electrons. The molecule has 0 aromatic rings. The second-order valence-electron chi connectivity index (χ2n) is 10.1. The van der Waals surface area contributed by atoms with Gasteiger partial charge in [0.05, 0.1) is 6.54 Å². The van der Waals surface area contributed by atoms with E-state index in [2.05, 4.69) is 19.0 Å². The van der Waals surface area contributed by atoms with Crippen molar-refractivity contribution in [2.75, 3.05) is 19.6 Å². The van der Waals surface area contributed by atoms with Gasteiger partial charge in [0, 0.05) is 19.5 Å². The Bertz CT molecular complexity index is 414. The molecular formula is C29H58N2O2. The molecule has 0 aliphatic rings. The van der Waals surface area contributed by atoms with E-state index in [-0.39, 0.29) is 5.91 Å². The molecule has 0 spiro atoms. The Kier molecular flexibility index (Phi) is 26.5. The molecule has 0 atom stereocenters. The minimum Gasteiger partial charge on any atom is -0.343 e. The first kappa shape index (κ1) is 32.1. The molecule has 0 saturated heterocycles. The van der Waals surface area contributed by atoms with Gasteiger partial charge in [-0.2, -0.15) is 4.91 Å². The Labute approximate surface area is 207 Å². The minimum absolute atomic E-state index is 0.285. The molecule has 33 heavy (non-hydrogen) atoms. The van der Waals surface area contributed by atoms with Crippen LogP contribution in [0.3, 0.4) is 0 Å². The van der Waals surface area contributed by atoms with Gasteiger partial charge in [-0.15, -0.1) is 0 Å². The predicted molar refractivity (Wildman–Crippen MR) is 145 cm³/mol. The summed E-state index contributed by atoms with van der Waals surface area (Å²) in [5.74, 6) is 0.285. The molecule has 1 amide bonds. The summed E-state index contributed by atoms with van der Waals surface area (Å²) in [7, 11) is 0. The Morgan fingerprint density at radius 1 is 0.515 bits per heavy atom. The van der Waals surface area contributed by atoms with Crippen molar-refractivity contribution in [3.05, 3.63) is 4.91 Å². The first-order valence-corrected chi connectivity index (χ1v) is 14.8. The molecule has 0 aromatic carbocycles. The van der Waals surface area contributed by atoms with Crippen molar-refractivity contribution in [2.45, 2.75) is 162 Å². The van der Waals surface area contributed by atoms with Crippen LogP contribution in [0.4, 0.5) is 0 Å².